The van der Waals surface area contributed by atoms with Gasteiger partial charge >= 0.3 is 59.1 Å². The zero-order valence-corrected chi connectivity index (χ0v) is 18.9. The molecule has 2 unspecified atom stereocenters. The van der Waals surface area contributed by atoms with Crippen LogP contribution < -0.4 is 69.3 Å². The number of aromatic nitrogens is 1. The molecule has 9 heteroatoms. The summed E-state index contributed by atoms with van der Waals surface area (Å²) >= 11 is 2.69. The Kier molecular flexibility index (Phi) is 11.3. The SMILES string of the molecule is CCC(C(=O)[O-])C(CSc1nc2ccccc2s1)C(=O)[O-].[Na+].[Na+]. The molecular weight excluding hydrogens is 356 g/mol. The van der Waals surface area contributed by atoms with Crippen molar-refractivity contribution >= 4 is 45.3 Å². The third-order valence-corrected chi connectivity index (χ3v) is 5.49. The molecule has 1 heterocycles. The maximum atomic E-state index is 11.2. The maximum Gasteiger partial charge on any atom is 1.00 e. The van der Waals surface area contributed by atoms with Gasteiger partial charge in [0.25, 0.3) is 0 Å². The van der Waals surface area contributed by atoms with Crippen molar-refractivity contribution in [1.82, 2.24) is 4.98 Å². The molecule has 0 aliphatic carbocycles. The number of carboxylic acids is 2. The van der Waals surface area contributed by atoms with Gasteiger partial charge in [0.05, 0.1) is 10.2 Å². The molecule has 2 aromatic rings. The third-order valence-electron chi connectivity index (χ3n) is 3.19. The Bertz CT molecular complexity index is 632. The van der Waals surface area contributed by atoms with Gasteiger partial charge < -0.3 is 19.8 Å². The number of rotatable bonds is 7. The number of aliphatic carboxylic acids is 2. The first-order valence-corrected chi connectivity index (χ1v) is 8.23. The number of carbonyl (C=O) groups is 2. The van der Waals surface area contributed by atoms with E-state index in [0.717, 1.165) is 14.6 Å². The van der Waals surface area contributed by atoms with Crippen LogP contribution >= 0.6 is 23.1 Å². The molecule has 0 amide bonds. The van der Waals surface area contributed by atoms with Crippen LogP contribution in [0.1, 0.15) is 13.3 Å². The molecule has 0 fully saturated rings. The number of carbonyl (C=O) groups excluding carboxylic acids is 2. The van der Waals surface area contributed by atoms with Gasteiger partial charge in [0.15, 0.2) is 4.34 Å². The van der Waals surface area contributed by atoms with E-state index in [2.05, 4.69) is 4.98 Å². The number of carboxylic acid groups (broad SMARTS) is 2. The number of thiazole rings is 1. The van der Waals surface area contributed by atoms with Crippen LogP contribution in [0.25, 0.3) is 10.2 Å². The van der Waals surface area contributed by atoms with Gasteiger partial charge in [0.2, 0.25) is 0 Å². The molecule has 23 heavy (non-hydrogen) atoms. The Hall–Kier alpha value is 0.400. The summed E-state index contributed by atoms with van der Waals surface area (Å²) in [5.41, 5.74) is 0.849. The van der Waals surface area contributed by atoms with Gasteiger partial charge in [-0.3, -0.25) is 0 Å². The van der Waals surface area contributed by atoms with Crippen molar-refractivity contribution in [2.75, 3.05) is 5.75 Å². The van der Waals surface area contributed by atoms with Crippen molar-refractivity contribution < 1.29 is 78.9 Å². The third kappa shape index (κ3) is 6.32. The van der Waals surface area contributed by atoms with E-state index in [1.165, 1.54) is 23.1 Å². The van der Waals surface area contributed by atoms with Gasteiger partial charge in [-0.2, -0.15) is 0 Å². The summed E-state index contributed by atoms with van der Waals surface area (Å²) in [5.74, 6) is -4.74. The van der Waals surface area contributed by atoms with Gasteiger partial charge in [0.1, 0.15) is 0 Å². The number of nitrogens with zero attached hydrogens (tertiary/aromatic N) is 1. The fourth-order valence-corrected chi connectivity index (χ4v) is 4.30. The summed E-state index contributed by atoms with van der Waals surface area (Å²) in [7, 11) is 0. The van der Waals surface area contributed by atoms with Crippen LogP contribution in [0.4, 0.5) is 0 Å². The second-order valence-electron chi connectivity index (χ2n) is 4.52. The fourth-order valence-electron chi connectivity index (χ4n) is 2.04. The Labute approximate surface area is 186 Å². The molecular formula is C14H13NNa2O4S2. The molecule has 0 aliphatic rings. The van der Waals surface area contributed by atoms with Gasteiger partial charge in [-0.05, 0) is 18.6 Å². The molecule has 0 saturated carbocycles. The number of fused-ring (bicyclic) bond motifs is 1. The van der Waals surface area contributed by atoms with Gasteiger partial charge in [0, 0.05) is 29.5 Å². The Morgan fingerprint density at radius 2 is 1.78 bits per heavy atom. The zero-order chi connectivity index (χ0) is 15.4. The number of thioether (sulfide) groups is 1. The van der Waals surface area contributed by atoms with Crippen molar-refractivity contribution in [2.45, 2.75) is 17.7 Å². The summed E-state index contributed by atoms with van der Waals surface area (Å²) in [4.78, 5) is 26.5. The van der Waals surface area contributed by atoms with Crippen LogP contribution in [-0.4, -0.2) is 22.7 Å². The van der Waals surface area contributed by atoms with Crippen LogP contribution in [0.2, 0.25) is 0 Å². The fraction of sp³-hybridized carbons (Fsp3) is 0.357. The first kappa shape index (κ1) is 23.4. The van der Waals surface area contributed by atoms with Crippen molar-refractivity contribution in [3.8, 4) is 0 Å². The van der Waals surface area contributed by atoms with E-state index >= 15 is 0 Å². The van der Waals surface area contributed by atoms with E-state index < -0.39 is 23.8 Å². The first-order valence-electron chi connectivity index (χ1n) is 6.43. The largest absolute Gasteiger partial charge is 1.00 e. The van der Waals surface area contributed by atoms with E-state index in [1.807, 2.05) is 24.3 Å². The molecule has 2 atom stereocenters. The predicted molar refractivity (Wildman–Crippen MR) is 77.6 cm³/mol. The van der Waals surface area contributed by atoms with Crippen molar-refractivity contribution in [1.29, 1.82) is 0 Å². The number of hydrogen-bond donors (Lipinski definition) is 0. The van der Waals surface area contributed by atoms with E-state index in [9.17, 15) is 19.8 Å². The molecule has 1 aromatic carbocycles. The van der Waals surface area contributed by atoms with Crippen LogP contribution in [0.15, 0.2) is 28.6 Å². The van der Waals surface area contributed by atoms with E-state index in [-0.39, 0.29) is 71.3 Å². The summed E-state index contributed by atoms with van der Waals surface area (Å²) in [5, 5.41) is 22.2. The number of hydrogen-bond acceptors (Lipinski definition) is 7. The monoisotopic (exact) mass is 369 g/mol. The summed E-state index contributed by atoms with van der Waals surface area (Å²) in [6.07, 6.45) is 0.196. The quantitative estimate of drug-likeness (QED) is 0.357. The smallest absolute Gasteiger partial charge is 0.550 e. The van der Waals surface area contributed by atoms with Crippen LogP contribution in [0.3, 0.4) is 0 Å². The average molecular weight is 369 g/mol. The van der Waals surface area contributed by atoms with E-state index in [4.69, 9.17) is 0 Å². The topological polar surface area (TPSA) is 93.2 Å². The zero-order valence-electron chi connectivity index (χ0n) is 13.3. The molecule has 0 bridgehead atoms. The molecule has 0 saturated heterocycles. The molecule has 2 rings (SSSR count). The summed E-state index contributed by atoms with van der Waals surface area (Å²) in [6, 6.07) is 7.59. The number of benzene rings is 1. The average Bonchev–Trinajstić information content (AvgIpc) is 2.85. The van der Waals surface area contributed by atoms with E-state index in [1.54, 1.807) is 6.92 Å². The molecule has 0 radical (unpaired) electrons. The van der Waals surface area contributed by atoms with Gasteiger partial charge in [-0.25, -0.2) is 4.98 Å². The summed E-state index contributed by atoms with van der Waals surface area (Å²) < 4.78 is 1.73. The molecule has 0 aliphatic heterocycles. The predicted octanol–water partition coefficient (Wildman–Crippen LogP) is -5.46. The Morgan fingerprint density at radius 1 is 1.17 bits per heavy atom. The maximum absolute atomic E-state index is 11.2. The minimum absolute atomic E-state index is 0. The van der Waals surface area contributed by atoms with Crippen molar-refractivity contribution in [2.24, 2.45) is 11.8 Å². The Morgan fingerprint density at radius 3 is 2.30 bits per heavy atom. The van der Waals surface area contributed by atoms with Crippen LogP contribution in [0.5, 0.6) is 0 Å². The van der Waals surface area contributed by atoms with Gasteiger partial charge in [-0.15, -0.1) is 11.3 Å². The molecule has 5 nitrogen and oxygen atoms in total. The molecule has 1 aromatic heterocycles. The molecule has 0 spiro atoms. The summed E-state index contributed by atoms with van der Waals surface area (Å²) in [6.45, 7) is 1.62. The van der Waals surface area contributed by atoms with Crippen LogP contribution in [0, 0.1) is 11.8 Å². The van der Waals surface area contributed by atoms with Crippen molar-refractivity contribution in [3.63, 3.8) is 0 Å². The second-order valence-corrected chi connectivity index (χ2v) is 6.82. The Balaban J connectivity index is 0.00000242. The standard InChI is InChI=1S/C14H15NO4S2.2Na/c1-2-8(12(16)17)9(13(18)19)7-20-14-15-10-5-3-4-6-11(10)21-14;;/h3-6,8-9H,2,7H2,1H3,(H,16,17)(H,18,19);;/q;2*+1/p-2. The first-order chi connectivity index (χ1) is 10.0. The molecule has 112 valence electrons. The molecule has 0 N–H and O–H groups in total. The minimum Gasteiger partial charge on any atom is -0.550 e. The van der Waals surface area contributed by atoms with Crippen molar-refractivity contribution in [3.05, 3.63) is 24.3 Å². The minimum atomic E-state index is -1.36. The van der Waals surface area contributed by atoms with Crippen LogP contribution in [-0.2, 0) is 9.59 Å². The second kappa shape index (κ2) is 11.1. The number of para-hydroxylation sites is 1. The normalized spacial score (nSPS) is 12.7. The van der Waals surface area contributed by atoms with E-state index in [0.29, 0.717) is 0 Å². The van der Waals surface area contributed by atoms with Gasteiger partial charge in [-0.1, -0.05) is 30.8 Å².